The summed E-state index contributed by atoms with van der Waals surface area (Å²) < 4.78 is 0. The Labute approximate surface area is 161 Å². The van der Waals surface area contributed by atoms with Gasteiger partial charge in [0, 0.05) is 35.3 Å². The van der Waals surface area contributed by atoms with Crippen molar-refractivity contribution in [2.45, 2.75) is 0 Å². The Morgan fingerprint density at radius 3 is 1.32 bits per heavy atom. The number of hydrogen-bond acceptors (Lipinski definition) is 4. The molecule has 0 aliphatic rings. The van der Waals surface area contributed by atoms with Crippen LogP contribution in [0, 0.1) is 0 Å². The second-order valence-corrected chi connectivity index (χ2v) is 5.40. The summed E-state index contributed by atoms with van der Waals surface area (Å²) in [6, 6.07) is 24.2. The molecule has 0 radical (unpaired) electrons. The number of carboxylic acids is 2. The molecule has 4 aromatic rings. The number of nitrogens with zero attached hydrogens (tertiary/aromatic N) is 2. The van der Waals surface area contributed by atoms with Crippen LogP contribution in [0.5, 0.6) is 0 Å². The molecule has 2 heterocycles. The minimum Gasteiger partial charge on any atom is -0.478 e. The molecule has 2 aromatic heterocycles. The third-order valence-electron chi connectivity index (χ3n) is 3.39. The molecule has 0 saturated heterocycles. The van der Waals surface area contributed by atoms with Crippen LogP contribution in [-0.4, -0.2) is 32.1 Å². The van der Waals surface area contributed by atoms with E-state index in [9.17, 15) is 9.59 Å². The number of para-hydroxylation sites is 2. The van der Waals surface area contributed by atoms with Crippen molar-refractivity contribution in [2.24, 2.45) is 0 Å². The van der Waals surface area contributed by atoms with E-state index in [1.807, 2.05) is 60.9 Å². The van der Waals surface area contributed by atoms with Gasteiger partial charge in [-0.05, 0) is 24.3 Å². The normalized spacial score (nSPS) is 9.86. The van der Waals surface area contributed by atoms with E-state index in [1.165, 1.54) is 10.8 Å². The van der Waals surface area contributed by atoms with Gasteiger partial charge >= 0.3 is 11.9 Å². The van der Waals surface area contributed by atoms with Gasteiger partial charge in [-0.3, -0.25) is 9.97 Å². The highest BCUT2D eigenvalue weighted by atomic mass is 16.4. The molecule has 2 aromatic carbocycles. The Bertz CT molecular complexity index is 876. The van der Waals surface area contributed by atoms with E-state index in [0.29, 0.717) is 12.2 Å². The molecule has 0 saturated carbocycles. The second-order valence-electron chi connectivity index (χ2n) is 5.40. The Kier molecular flexibility index (Phi) is 7.83. The standard InChI is InChI=1S/2C9H7N.C4H4O4/c2*1-2-6-9-8(4-1)5-3-7-10-9;5-3(6)1-2-4(7)8/h2*1-7H;1-2H,(H,5,6)(H,7,8)/b;;2-1-. The summed E-state index contributed by atoms with van der Waals surface area (Å²) >= 11 is 0. The number of aromatic nitrogens is 2. The van der Waals surface area contributed by atoms with E-state index in [0.717, 1.165) is 11.0 Å². The number of carboxylic acid groups (broad SMARTS) is 2. The smallest absolute Gasteiger partial charge is 0.328 e. The molecule has 0 spiro atoms. The van der Waals surface area contributed by atoms with Crippen molar-refractivity contribution in [3.63, 3.8) is 0 Å². The monoisotopic (exact) mass is 374 g/mol. The summed E-state index contributed by atoms with van der Waals surface area (Å²) in [5, 5.41) is 18.0. The Morgan fingerprint density at radius 1 is 0.607 bits per heavy atom. The van der Waals surface area contributed by atoms with Crippen LogP contribution < -0.4 is 0 Å². The lowest BCUT2D eigenvalue weighted by molar-refractivity contribution is -0.134. The van der Waals surface area contributed by atoms with Gasteiger partial charge in [0.1, 0.15) is 0 Å². The number of fused-ring (bicyclic) bond motifs is 2. The van der Waals surface area contributed by atoms with Gasteiger partial charge in [0.2, 0.25) is 0 Å². The zero-order valence-corrected chi connectivity index (χ0v) is 14.8. The predicted octanol–water partition coefficient (Wildman–Crippen LogP) is 4.18. The highest BCUT2D eigenvalue weighted by molar-refractivity contribution is 5.89. The van der Waals surface area contributed by atoms with Crippen molar-refractivity contribution in [3.8, 4) is 0 Å². The van der Waals surface area contributed by atoms with Crippen molar-refractivity contribution >= 4 is 33.7 Å². The van der Waals surface area contributed by atoms with Crippen molar-refractivity contribution in [3.05, 3.63) is 97.3 Å². The quantitative estimate of drug-likeness (QED) is 0.511. The molecule has 0 aliphatic carbocycles. The summed E-state index contributed by atoms with van der Waals surface area (Å²) in [6.07, 6.45) is 4.73. The molecule has 28 heavy (non-hydrogen) atoms. The molecule has 0 aliphatic heterocycles. The van der Waals surface area contributed by atoms with Gasteiger partial charge in [-0.1, -0.05) is 48.5 Å². The number of pyridine rings is 2. The number of hydrogen-bond donors (Lipinski definition) is 2. The van der Waals surface area contributed by atoms with Gasteiger partial charge in [-0.25, -0.2) is 9.59 Å². The summed E-state index contributed by atoms with van der Waals surface area (Å²) in [4.78, 5) is 27.5. The number of aliphatic carboxylic acids is 2. The van der Waals surface area contributed by atoms with Crippen LogP contribution >= 0.6 is 0 Å². The van der Waals surface area contributed by atoms with E-state index >= 15 is 0 Å². The van der Waals surface area contributed by atoms with E-state index < -0.39 is 11.9 Å². The van der Waals surface area contributed by atoms with Crippen LogP contribution in [-0.2, 0) is 9.59 Å². The summed E-state index contributed by atoms with van der Waals surface area (Å²) in [5.41, 5.74) is 2.12. The molecular formula is C22H18N2O4. The summed E-state index contributed by atoms with van der Waals surface area (Å²) in [6.45, 7) is 0. The zero-order chi connectivity index (χ0) is 20.2. The maximum atomic E-state index is 9.55. The summed E-state index contributed by atoms with van der Waals surface area (Å²) in [7, 11) is 0. The fourth-order valence-corrected chi connectivity index (χ4v) is 2.17. The van der Waals surface area contributed by atoms with Crippen molar-refractivity contribution < 1.29 is 19.8 Å². The lowest BCUT2D eigenvalue weighted by atomic mass is 10.2. The molecule has 0 fully saturated rings. The highest BCUT2D eigenvalue weighted by Gasteiger charge is 1.88. The van der Waals surface area contributed by atoms with Gasteiger partial charge in [-0.15, -0.1) is 0 Å². The first-order chi connectivity index (χ1) is 13.6. The van der Waals surface area contributed by atoms with Crippen LogP contribution in [0.3, 0.4) is 0 Å². The number of benzene rings is 2. The molecule has 6 nitrogen and oxygen atoms in total. The molecule has 6 heteroatoms. The Hall–Kier alpha value is -4.06. The minimum atomic E-state index is -1.26. The van der Waals surface area contributed by atoms with E-state index in [4.69, 9.17) is 10.2 Å². The van der Waals surface area contributed by atoms with Crippen LogP contribution in [0.4, 0.5) is 0 Å². The fraction of sp³-hybridized carbons (Fsp3) is 0. The molecule has 0 unspecified atom stereocenters. The van der Waals surface area contributed by atoms with Crippen LogP contribution in [0.2, 0.25) is 0 Å². The molecule has 4 rings (SSSR count). The second kappa shape index (κ2) is 10.8. The maximum Gasteiger partial charge on any atom is 0.328 e. The first kappa shape index (κ1) is 20.3. The van der Waals surface area contributed by atoms with Gasteiger partial charge in [0.15, 0.2) is 0 Å². The number of carbonyl (C=O) groups is 2. The van der Waals surface area contributed by atoms with Crippen LogP contribution in [0.15, 0.2) is 97.3 Å². The molecule has 140 valence electrons. The molecule has 2 N–H and O–H groups in total. The van der Waals surface area contributed by atoms with Crippen LogP contribution in [0.25, 0.3) is 21.8 Å². The van der Waals surface area contributed by atoms with E-state index in [-0.39, 0.29) is 0 Å². The van der Waals surface area contributed by atoms with Gasteiger partial charge in [0.25, 0.3) is 0 Å². The Morgan fingerprint density at radius 2 is 0.964 bits per heavy atom. The lowest BCUT2D eigenvalue weighted by Crippen LogP contribution is -1.91. The zero-order valence-electron chi connectivity index (χ0n) is 14.8. The largest absolute Gasteiger partial charge is 0.478 e. The molecule has 0 bridgehead atoms. The minimum absolute atomic E-state index is 0.558. The van der Waals surface area contributed by atoms with Gasteiger partial charge in [-0.2, -0.15) is 0 Å². The SMILES string of the molecule is O=C(O)/C=C\C(=O)O.c1ccc2ncccc2c1.c1ccc2ncccc2c1. The lowest BCUT2D eigenvalue weighted by Gasteiger charge is -1.91. The average Bonchev–Trinajstić information content (AvgIpc) is 2.73. The third-order valence-corrected chi connectivity index (χ3v) is 3.39. The van der Waals surface area contributed by atoms with Gasteiger partial charge < -0.3 is 10.2 Å². The molecular weight excluding hydrogens is 356 g/mol. The van der Waals surface area contributed by atoms with Crippen molar-refractivity contribution in [1.29, 1.82) is 0 Å². The van der Waals surface area contributed by atoms with E-state index in [2.05, 4.69) is 34.2 Å². The molecule has 0 atom stereocenters. The third kappa shape index (κ3) is 7.05. The topological polar surface area (TPSA) is 100 Å². The van der Waals surface area contributed by atoms with Crippen LogP contribution in [0.1, 0.15) is 0 Å². The highest BCUT2D eigenvalue weighted by Crippen LogP contribution is 2.08. The number of rotatable bonds is 2. The van der Waals surface area contributed by atoms with E-state index in [1.54, 1.807) is 0 Å². The van der Waals surface area contributed by atoms with Gasteiger partial charge in [0.05, 0.1) is 11.0 Å². The average molecular weight is 374 g/mol. The first-order valence-corrected chi connectivity index (χ1v) is 8.30. The predicted molar refractivity (Wildman–Crippen MR) is 108 cm³/mol. The first-order valence-electron chi connectivity index (χ1n) is 8.30. The van der Waals surface area contributed by atoms with Crippen molar-refractivity contribution in [1.82, 2.24) is 9.97 Å². The van der Waals surface area contributed by atoms with Crippen molar-refractivity contribution in [2.75, 3.05) is 0 Å². The Balaban J connectivity index is 0.000000152. The summed E-state index contributed by atoms with van der Waals surface area (Å²) in [5.74, 6) is -2.51. The maximum absolute atomic E-state index is 9.55. The molecule has 0 amide bonds. The fourth-order valence-electron chi connectivity index (χ4n) is 2.17.